The lowest BCUT2D eigenvalue weighted by atomic mass is 10.0. The molecule has 1 aromatic rings. The Morgan fingerprint density at radius 3 is 2.48 bits per heavy atom. The van der Waals surface area contributed by atoms with Crippen LogP contribution in [-0.2, 0) is 0 Å². The molecule has 1 unspecified atom stereocenters. The monoisotopic (exact) mass is 295 g/mol. The van der Waals surface area contributed by atoms with Gasteiger partial charge >= 0.3 is 0 Å². The van der Waals surface area contributed by atoms with Crippen LogP contribution in [-0.4, -0.2) is 49.1 Å². The van der Waals surface area contributed by atoms with E-state index in [1.165, 1.54) is 19.4 Å². The van der Waals surface area contributed by atoms with Crippen molar-refractivity contribution in [3.05, 3.63) is 35.4 Å². The van der Waals surface area contributed by atoms with Crippen LogP contribution in [0.1, 0.15) is 24.4 Å². The highest BCUT2D eigenvalue weighted by Gasteiger charge is 2.29. The normalized spacial score (nSPS) is 22.4. The number of hydrogen-bond donors (Lipinski definition) is 1. The second kappa shape index (κ2) is 6.38. The van der Waals surface area contributed by atoms with Gasteiger partial charge in [-0.25, -0.2) is 8.78 Å². The van der Waals surface area contributed by atoms with Gasteiger partial charge in [-0.3, -0.25) is 4.90 Å². The van der Waals surface area contributed by atoms with E-state index in [2.05, 4.69) is 9.80 Å². The third kappa shape index (κ3) is 3.42. The van der Waals surface area contributed by atoms with Crippen LogP contribution in [0.5, 0.6) is 0 Å². The van der Waals surface area contributed by atoms with Gasteiger partial charge < -0.3 is 10.6 Å². The molecule has 0 radical (unpaired) electrons. The molecule has 1 aliphatic carbocycles. The van der Waals surface area contributed by atoms with Gasteiger partial charge in [0.25, 0.3) is 0 Å². The molecule has 3 rings (SSSR count). The van der Waals surface area contributed by atoms with E-state index in [1.54, 1.807) is 12.1 Å². The van der Waals surface area contributed by atoms with Gasteiger partial charge in [0.15, 0.2) is 11.6 Å². The molecule has 0 bridgehead atoms. The van der Waals surface area contributed by atoms with Gasteiger partial charge in [0.1, 0.15) is 0 Å². The van der Waals surface area contributed by atoms with Crippen LogP contribution in [0.3, 0.4) is 0 Å². The predicted octanol–water partition coefficient (Wildman–Crippen LogP) is 1.99. The summed E-state index contributed by atoms with van der Waals surface area (Å²) < 4.78 is 27.4. The second-order valence-corrected chi connectivity index (χ2v) is 6.17. The summed E-state index contributed by atoms with van der Waals surface area (Å²) in [5, 5.41) is 0. The fourth-order valence-electron chi connectivity index (χ4n) is 3.17. The SMILES string of the molecule is NCC(c1cccc(F)c1F)N1CCN(CC2CC2)CC1. The van der Waals surface area contributed by atoms with Crippen LogP contribution < -0.4 is 5.73 Å². The minimum absolute atomic E-state index is 0.233. The lowest BCUT2D eigenvalue weighted by Gasteiger charge is -2.39. The Morgan fingerprint density at radius 1 is 1.14 bits per heavy atom. The minimum Gasteiger partial charge on any atom is -0.329 e. The van der Waals surface area contributed by atoms with Gasteiger partial charge in [0.05, 0.1) is 6.04 Å². The van der Waals surface area contributed by atoms with Gasteiger partial charge in [-0.15, -0.1) is 0 Å². The highest BCUT2D eigenvalue weighted by Crippen LogP contribution is 2.31. The van der Waals surface area contributed by atoms with Crippen molar-refractivity contribution in [3.63, 3.8) is 0 Å². The molecule has 3 nitrogen and oxygen atoms in total. The Hall–Kier alpha value is -1.04. The number of nitrogens with two attached hydrogens (primary N) is 1. The van der Waals surface area contributed by atoms with Gasteiger partial charge in [-0.05, 0) is 24.8 Å². The van der Waals surface area contributed by atoms with E-state index in [4.69, 9.17) is 5.73 Å². The van der Waals surface area contributed by atoms with Crippen LogP contribution in [0.25, 0.3) is 0 Å². The Morgan fingerprint density at radius 2 is 1.86 bits per heavy atom. The van der Waals surface area contributed by atoms with Crippen molar-refractivity contribution in [2.45, 2.75) is 18.9 Å². The lowest BCUT2D eigenvalue weighted by Crippen LogP contribution is -2.49. The smallest absolute Gasteiger partial charge is 0.163 e. The maximum atomic E-state index is 14.0. The topological polar surface area (TPSA) is 32.5 Å². The van der Waals surface area contributed by atoms with Crippen LogP contribution in [0.4, 0.5) is 8.78 Å². The average Bonchev–Trinajstić information content (AvgIpc) is 3.30. The molecule has 2 N–H and O–H groups in total. The van der Waals surface area contributed by atoms with E-state index >= 15 is 0 Å². The highest BCUT2D eigenvalue weighted by atomic mass is 19.2. The van der Waals surface area contributed by atoms with E-state index in [9.17, 15) is 8.78 Å². The van der Waals surface area contributed by atoms with Crippen molar-refractivity contribution in [1.29, 1.82) is 0 Å². The van der Waals surface area contributed by atoms with Gasteiger partial charge in [0.2, 0.25) is 0 Å². The number of halogens is 2. The summed E-state index contributed by atoms with van der Waals surface area (Å²) in [4.78, 5) is 4.66. The van der Waals surface area contributed by atoms with Crippen LogP contribution in [0, 0.1) is 17.6 Å². The van der Waals surface area contributed by atoms with E-state index < -0.39 is 11.6 Å². The molecular weight excluding hydrogens is 272 g/mol. The van der Waals surface area contributed by atoms with E-state index in [-0.39, 0.29) is 6.04 Å². The summed E-state index contributed by atoms with van der Waals surface area (Å²) in [5.74, 6) is -0.658. The van der Waals surface area contributed by atoms with E-state index in [1.807, 2.05) is 0 Å². The zero-order chi connectivity index (χ0) is 14.8. The standard InChI is InChI=1S/C16H23F2N3/c17-14-3-1-2-13(16(14)18)15(10-19)21-8-6-20(7-9-21)11-12-4-5-12/h1-3,12,15H,4-11,19H2. The summed E-state index contributed by atoms with van der Waals surface area (Å²) in [6, 6.07) is 4.12. The van der Waals surface area contributed by atoms with Crippen LogP contribution in [0.15, 0.2) is 18.2 Å². The highest BCUT2D eigenvalue weighted by molar-refractivity contribution is 5.23. The largest absolute Gasteiger partial charge is 0.329 e. The molecule has 5 heteroatoms. The second-order valence-electron chi connectivity index (χ2n) is 6.17. The first-order valence-corrected chi connectivity index (χ1v) is 7.79. The first kappa shape index (κ1) is 14.9. The number of nitrogens with zero attached hydrogens (tertiary/aromatic N) is 2. The zero-order valence-corrected chi connectivity index (χ0v) is 12.3. The van der Waals surface area contributed by atoms with Crippen LogP contribution >= 0.6 is 0 Å². The molecular formula is C16H23F2N3. The molecule has 1 atom stereocenters. The predicted molar refractivity (Wildman–Crippen MR) is 78.9 cm³/mol. The molecule has 1 aliphatic heterocycles. The maximum absolute atomic E-state index is 14.0. The molecule has 1 aromatic carbocycles. The first-order chi connectivity index (χ1) is 10.2. The van der Waals surface area contributed by atoms with Crippen molar-refractivity contribution in [3.8, 4) is 0 Å². The Balaban J connectivity index is 1.65. The van der Waals surface area contributed by atoms with Crippen molar-refractivity contribution < 1.29 is 8.78 Å². The number of rotatable bonds is 5. The quantitative estimate of drug-likeness (QED) is 0.902. The lowest BCUT2D eigenvalue weighted by molar-refractivity contribution is 0.0939. The van der Waals surface area contributed by atoms with Gasteiger partial charge in [-0.2, -0.15) is 0 Å². The molecule has 1 saturated heterocycles. The Labute approximate surface area is 124 Å². The summed E-state index contributed by atoms with van der Waals surface area (Å²) in [6.45, 7) is 5.21. The van der Waals surface area contributed by atoms with E-state index in [0.29, 0.717) is 12.1 Å². The fraction of sp³-hybridized carbons (Fsp3) is 0.625. The van der Waals surface area contributed by atoms with Gasteiger partial charge in [0, 0.05) is 44.8 Å². The first-order valence-electron chi connectivity index (χ1n) is 7.79. The van der Waals surface area contributed by atoms with Gasteiger partial charge in [-0.1, -0.05) is 12.1 Å². The average molecular weight is 295 g/mol. The molecule has 0 amide bonds. The van der Waals surface area contributed by atoms with Crippen molar-refractivity contribution in [2.24, 2.45) is 11.7 Å². The summed E-state index contributed by atoms with van der Waals surface area (Å²) in [5.41, 5.74) is 6.22. The van der Waals surface area contributed by atoms with E-state index in [0.717, 1.165) is 38.2 Å². The molecule has 2 aliphatic rings. The summed E-state index contributed by atoms with van der Waals surface area (Å²) in [7, 11) is 0. The maximum Gasteiger partial charge on any atom is 0.163 e. The number of benzene rings is 1. The van der Waals surface area contributed by atoms with Crippen molar-refractivity contribution in [1.82, 2.24) is 9.80 Å². The van der Waals surface area contributed by atoms with Crippen molar-refractivity contribution >= 4 is 0 Å². The summed E-state index contributed by atoms with van der Waals surface area (Å²) >= 11 is 0. The molecule has 1 heterocycles. The fourth-order valence-corrected chi connectivity index (χ4v) is 3.17. The minimum atomic E-state index is -0.793. The molecule has 0 aromatic heterocycles. The molecule has 2 fully saturated rings. The Bertz CT molecular complexity index is 482. The molecule has 0 spiro atoms. The number of hydrogen-bond acceptors (Lipinski definition) is 3. The molecule has 21 heavy (non-hydrogen) atoms. The van der Waals surface area contributed by atoms with Crippen molar-refractivity contribution in [2.75, 3.05) is 39.3 Å². The molecule has 116 valence electrons. The third-order valence-corrected chi connectivity index (χ3v) is 4.62. The summed E-state index contributed by atoms with van der Waals surface area (Å²) in [6.07, 6.45) is 2.72. The molecule has 1 saturated carbocycles. The third-order valence-electron chi connectivity index (χ3n) is 4.62. The Kier molecular flexibility index (Phi) is 4.52. The zero-order valence-electron chi connectivity index (χ0n) is 12.3. The van der Waals surface area contributed by atoms with Crippen LogP contribution in [0.2, 0.25) is 0 Å². The number of piperazine rings is 1.